The van der Waals surface area contributed by atoms with Crippen molar-refractivity contribution in [2.45, 2.75) is 12.8 Å². The molecule has 304 valence electrons. The van der Waals surface area contributed by atoms with Crippen molar-refractivity contribution in [2.75, 3.05) is 38.9 Å². The third-order valence-electron chi connectivity index (χ3n) is 9.96. The number of para-hydroxylation sites is 3. The highest BCUT2D eigenvalue weighted by Crippen LogP contribution is 2.40. The number of hydrogen-bond donors (Lipinski definition) is 0. The van der Waals surface area contributed by atoms with Crippen LogP contribution in [0.3, 0.4) is 0 Å². The number of esters is 2. The number of anilines is 2. The Morgan fingerprint density at radius 1 is 0.639 bits per heavy atom. The van der Waals surface area contributed by atoms with Gasteiger partial charge in [0.05, 0.1) is 82.1 Å². The fraction of sp³-hybridized carbons (Fsp3) is 0.143. The van der Waals surface area contributed by atoms with Crippen LogP contribution in [0.25, 0.3) is 44.6 Å². The summed E-state index contributed by atoms with van der Waals surface area (Å²) < 4.78 is 22.3. The molecule has 0 saturated carbocycles. The number of rotatable bonds is 10. The summed E-state index contributed by atoms with van der Waals surface area (Å²) in [6.07, 6.45) is 1.47. The van der Waals surface area contributed by atoms with Crippen LogP contribution in [-0.4, -0.2) is 65.9 Å². The molecule has 0 bridgehead atoms. The summed E-state index contributed by atoms with van der Waals surface area (Å²) >= 11 is 3.50. The molecule has 0 unspecified atom stereocenters. The van der Waals surface area contributed by atoms with Gasteiger partial charge in [0.15, 0.2) is 5.82 Å². The minimum absolute atomic E-state index is 0.390. The third-order valence-corrected chi connectivity index (χ3v) is 10.6. The van der Waals surface area contributed by atoms with Gasteiger partial charge in [0, 0.05) is 11.1 Å². The minimum Gasteiger partial charge on any atom is -0.492 e. The highest BCUT2D eigenvalue weighted by Gasteiger charge is 2.25. The van der Waals surface area contributed by atoms with Gasteiger partial charge in [0.25, 0.3) is 0 Å². The molecule has 0 amide bonds. The topological polar surface area (TPSA) is 126 Å². The zero-order valence-corrected chi connectivity index (χ0v) is 35.0. The van der Waals surface area contributed by atoms with Crippen molar-refractivity contribution in [3.05, 3.63) is 167 Å². The van der Waals surface area contributed by atoms with E-state index in [1.54, 1.807) is 36.4 Å². The molecule has 1 aliphatic heterocycles. The Balaban J connectivity index is 0.000000168. The van der Waals surface area contributed by atoms with Gasteiger partial charge in [-0.3, -0.25) is 0 Å². The number of fused-ring (bicyclic) bond motifs is 3. The van der Waals surface area contributed by atoms with Crippen molar-refractivity contribution >= 4 is 61.4 Å². The Labute approximate surface area is 361 Å². The molecule has 0 radical (unpaired) electrons. The molecular formula is C49H40BrN5O6. The zero-order chi connectivity index (χ0) is 42.1. The van der Waals surface area contributed by atoms with E-state index >= 15 is 0 Å². The first-order valence-electron chi connectivity index (χ1n) is 19.7. The summed E-state index contributed by atoms with van der Waals surface area (Å²) in [4.78, 5) is 45.6. The van der Waals surface area contributed by atoms with E-state index in [1.807, 2.05) is 109 Å². The van der Waals surface area contributed by atoms with Crippen molar-refractivity contribution in [1.29, 1.82) is 0 Å². The molecule has 3 heterocycles. The number of hydrogen-bond acceptors (Lipinski definition) is 11. The van der Waals surface area contributed by atoms with Crippen LogP contribution in [0.15, 0.2) is 150 Å². The molecule has 6 aromatic carbocycles. The first kappa shape index (κ1) is 40.6. The Morgan fingerprint density at radius 2 is 1.21 bits per heavy atom. The van der Waals surface area contributed by atoms with Crippen molar-refractivity contribution in [3.8, 4) is 34.0 Å². The van der Waals surface area contributed by atoms with Gasteiger partial charge in [-0.1, -0.05) is 84.9 Å². The predicted octanol–water partition coefficient (Wildman–Crippen LogP) is 10.5. The smallest absolute Gasteiger partial charge is 0.337 e. The van der Waals surface area contributed by atoms with Gasteiger partial charge >= 0.3 is 11.9 Å². The minimum atomic E-state index is -0.399. The van der Waals surface area contributed by atoms with Gasteiger partial charge in [0.1, 0.15) is 23.8 Å². The molecule has 2 aromatic heterocycles. The second-order valence-electron chi connectivity index (χ2n) is 13.9. The van der Waals surface area contributed by atoms with Crippen LogP contribution in [0.2, 0.25) is 0 Å². The van der Waals surface area contributed by atoms with Crippen LogP contribution in [0.5, 0.6) is 11.5 Å². The standard InChI is InChI=1S/C25H21BrN2O3.C24H19N3O3/c1-30-25(29)18-13-14-20-22(16-18)27-21(24(28-20)17-8-3-2-4-9-17)11-7-15-31-23-12-6-5-10-19(23)26;1-29-24(28)17-11-12-18-19(15-17)26-23(22(25-18)16-7-3-2-4-8-16)27-13-14-30-21-10-6-5-9-20(21)27/h2-6,8-10,12-14,16H,7,11,15H2,1H3;2-12,15H,13-14H2,1H3. The molecule has 0 spiro atoms. The highest BCUT2D eigenvalue weighted by molar-refractivity contribution is 9.10. The second kappa shape index (κ2) is 18.8. The molecule has 9 rings (SSSR count). The molecule has 11 nitrogen and oxygen atoms in total. The van der Waals surface area contributed by atoms with Gasteiger partial charge in [-0.2, -0.15) is 0 Å². The molecular weight excluding hydrogens is 834 g/mol. The van der Waals surface area contributed by atoms with Crippen LogP contribution in [-0.2, 0) is 15.9 Å². The van der Waals surface area contributed by atoms with Crippen LogP contribution in [0.1, 0.15) is 32.8 Å². The molecule has 0 N–H and O–H groups in total. The van der Waals surface area contributed by atoms with E-state index in [0.717, 1.165) is 67.6 Å². The summed E-state index contributed by atoms with van der Waals surface area (Å²) in [6, 6.07) is 46.2. The molecule has 61 heavy (non-hydrogen) atoms. The van der Waals surface area contributed by atoms with Crippen LogP contribution in [0.4, 0.5) is 11.5 Å². The number of methoxy groups -OCH3 is 2. The summed E-state index contributed by atoms with van der Waals surface area (Å²) in [5.41, 5.74) is 9.09. The molecule has 0 atom stereocenters. The number of halogens is 1. The normalized spacial score (nSPS) is 11.8. The van der Waals surface area contributed by atoms with Gasteiger partial charge in [0.2, 0.25) is 0 Å². The lowest BCUT2D eigenvalue weighted by Gasteiger charge is -2.31. The quantitative estimate of drug-likeness (QED) is 0.0963. The van der Waals surface area contributed by atoms with E-state index in [9.17, 15) is 9.59 Å². The fourth-order valence-corrected chi connectivity index (χ4v) is 7.38. The van der Waals surface area contributed by atoms with E-state index in [-0.39, 0.29) is 5.97 Å². The van der Waals surface area contributed by atoms with Crippen molar-refractivity contribution in [1.82, 2.24) is 19.9 Å². The number of nitrogens with zero attached hydrogens (tertiary/aromatic N) is 5. The average Bonchev–Trinajstić information content (AvgIpc) is 3.32. The molecule has 0 fully saturated rings. The maximum atomic E-state index is 12.0. The predicted molar refractivity (Wildman–Crippen MR) is 240 cm³/mol. The lowest BCUT2D eigenvalue weighted by atomic mass is 10.1. The third kappa shape index (κ3) is 9.19. The number of carbonyl (C=O) groups is 2. The van der Waals surface area contributed by atoms with Gasteiger partial charge in [-0.15, -0.1) is 0 Å². The Morgan fingerprint density at radius 3 is 1.87 bits per heavy atom. The molecule has 1 aliphatic rings. The number of benzene rings is 6. The Hall–Kier alpha value is -7.18. The summed E-state index contributed by atoms with van der Waals surface area (Å²) in [6.45, 7) is 1.75. The SMILES string of the molecule is COC(=O)c1ccc2nc(-c3ccccc3)c(CCCOc3ccccc3Br)nc2c1.COC(=O)c1ccc2nc(-c3ccccc3)c(N3CCOc4ccccc43)nc2c1. The second-order valence-corrected chi connectivity index (χ2v) is 14.7. The number of carbonyl (C=O) groups excluding carboxylic acids is 2. The lowest BCUT2D eigenvalue weighted by molar-refractivity contribution is 0.0592. The monoisotopic (exact) mass is 873 g/mol. The molecule has 0 aliphatic carbocycles. The average molecular weight is 875 g/mol. The first-order valence-corrected chi connectivity index (χ1v) is 20.5. The largest absolute Gasteiger partial charge is 0.492 e. The summed E-state index contributed by atoms with van der Waals surface area (Å²) in [5, 5.41) is 0. The van der Waals surface area contributed by atoms with Crippen LogP contribution in [0, 0.1) is 0 Å². The molecule has 8 aromatic rings. The maximum Gasteiger partial charge on any atom is 0.337 e. The fourth-order valence-electron chi connectivity index (χ4n) is 6.98. The zero-order valence-electron chi connectivity index (χ0n) is 33.5. The van der Waals surface area contributed by atoms with E-state index in [4.69, 9.17) is 38.9 Å². The van der Waals surface area contributed by atoms with E-state index in [2.05, 4.69) is 20.8 Å². The molecule has 0 saturated heterocycles. The van der Waals surface area contributed by atoms with E-state index in [0.29, 0.717) is 53.9 Å². The number of aryl methyl sites for hydroxylation is 1. The van der Waals surface area contributed by atoms with Gasteiger partial charge in [-0.25, -0.2) is 29.5 Å². The number of aromatic nitrogens is 4. The van der Waals surface area contributed by atoms with E-state index < -0.39 is 5.97 Å². The number of ether oxygens (including phenoxy) is 4. The Kier molecular flexibility index (Phi) is 12.5. The summed E-state index contributed by atoms with van der Waals surface area (Å²) in [5.74, 6) is 1.57. The van der Waals surface area contributed by atoms with Gasteiger partial charge < -0.3 is 23.8 Å². The molecule has 12 heteroatoms. The first-order chi connectivity index (χ1) is 29.9. The van der Waals surface area contributed by atoms with Crippen molar-refractivity contribution in [2.24, 2.45) is 0 Å². The maximum absolute atomic E-state index is 12.0. The van der Waals surface area contributed by atoms with Crippen LogP contribution >= 0.6 is 15.9 Å². The van der Waals surface area contributed by atoms with Crippen molar-refractivity contribution in [3.63, 3.8) is 0 Å². The lowest BCUT2D eigenvalue weighted by Crippen LogP contribution is -2.29. The Bertz CT molecular complexity index is 2840. The summed E-state index contributed by atoms with van der Waals surface area (Å²) in [7, 11) is 2.74. The van der Waals surface area contributed by atoms with E-state index in [1.165, 1.54) is 14.2 Å². The highest BCUT2D eigenvalue weighted by atomic mass is 79.9. The van der Waals surface area contributed by atoms with Crippen molar-refractivity contribution < 1.29 is 28.5 Å². The van der Waals surface area contributed by atoms with Gasteiger partial charge in [-0.05, 0) is 89.4 Å². The van der Waals surface area contributed by atoms with Crippen LogP contribution < -0.4 is 14.4 Å².